The summed E-state index contributed by atoms with van der Waals surface area (Å²) >= 11 is 0. The normalized spacial score (nSPS) is 18.3. The van der Waals surface area contributed by atoms with Crippen molar-refractivity contribution in [1.29, 1.82) is 0 Å². The Balaban J connectivity index is 0.000000637. The Hall–Kier alpha value is -1.82. The Morgan fingerprint density at radius 1 is 1.05 bits per heavy atom. The highest BCUT2D eigenvalue weighted by Gasteiger charge is 2.35. The van der Waals surface area contributed by atoms with Crippen LogP contribution in [0.25, 0.3) is 0 Å². The summed E-state index contributed by atoms with van der Waals surface area (Å²) < 4.78 is 11.6. The predicted molar refractivity (Wildman–Crippen MR) is 159 cm³/mol. The highest BCUT2D eigenvalue weighted by Crippen LogP contribution is 2.41. The van der Waals surface area contributed by atoms with Crippen LogP contribution in [0.2, 0.25) is 0 Å². The van der Waals surface area contributed by atoms with Gasteiger partial charge in [-0.1, -0.05) is 89.6 Å². The molecule has 3 atom stereocenters. The fourth-order valence-corrected chi connectivity index (χ4v) is 6.66. The average molecular weight is 566 g/mol. The Morgan fingerprint density at radius 2 is 1.64 bits per heavy atom. The lowest BCUT2D eigenvalue weighted by molar-refractivity contribution is -0.147. The molecule has 3 rings (SSSR count). The molecule has 1 saturated carbocycles. The van der Waals surface area contributed by atoms with Crippen molar-refractivity contribution in [2.45, 2.75) is 110 Å². The number of aryl methyl sites for hydroxylation is 1. The summed E-state index contributed by atoms with van der Waals surface area (Å²) in [5.41, 5.74) is 1.31. The predicted octanol–water partition coefficient (Wildman–Crippen LogP) is 7.06. The molecule has 0 bridgehead atoms. The molecular formula is C31H52NO6P. The third-order valence-corrected chi connectivity index (χ3v) is 8.78. The van der Waals surface area contributed by atoms with Gasteiger partial charge in [0.2, 0.25) is 5.91 Å². The van der Waals surface area contributed by atoms with Crippen molar-refractivity contribution < 1.29 is 28.8 Å². The first-order valence-corrected chi connectivity index (χ1v) is 16.4. The molecule has 2 fully saturated rings. The van der Waals surface area contributed by atoms with Crippen LogP contribution in [0.3, 0.4) is 0 Å². The molecule has 1 aromatic carbocycles. The van der Waals surface area contributed by atoms with Gasteiger partial charge in [0.15, 0.2) is 6.29 Å². The Bertz CT molecular complexity index is 775. The number of amides is 1. The molecule has 8 heteroatoms. The van der Waals surface area contributed by atoms with E-state index in [0.717, 1.165) is 38.1 Å². The van der Waals surface area contributed by atoms with E-state index in [9.17, 15) is 19.5 Å². The van der Waals surface area contributed by atoms with Crippen LogP contribution in [0.5, 0.6) is 0 Å². The highest BCUT2D eigenvalue weighted by molar-refractivity contribution is 7.53. The number of carboxylic acids is 1. The molecule has 1 aliphatic heterocycles. The van der Waals surface area contributed by atoms with E-state index in [0.29, 0.717) is 19.4 Å². The summed E-state index contributed by atoms with van der Waals surface area (Å²) in [6.07, 6.45) is 15.5. The SMILES string of the molecule is C1CCCCC1.CCC=O.COC(OP(CCCCc1ccccc1)CC(=O)N1CCCC1C(=O)O)C(C)C. The zero-order valence-corrected chi connectivity index (χ0v) is 25.6. The summed E-state index contributed by atoms with van der Waals surface area (Å²) in [5.74, 6) is -0.841. The van der Waals surface area contributed by atoms with Gasteiger partial charge in [0.05, 0.1) is 6.16 Å². The van der Waals surface area contributed by atoms with Crippen LogP contribution >= 0.6 is 8.15 Å². The van der Waals surface area contributed by atoms with Gasteiger partial charge in [0, 0.05) is 34.1 Å². The zero-order chi connectivity index (χ0) is 28.9. The third-order valence-electron chi connectivity index (χ3n) is 6.83. The molecule has 1 N–H and O–H groups in total. The molecule has 7 nitrogen and oxygen atoms in total. The Kier molecular flexibility index (Phi) is 19.8. The second-order valence-electron chi connectivity index (χ2n) is 10.5. The first-order chi connectivity index (χ1) is 18.8. The fourth-order valence-electron chi connectivity index (χ4n) is 4.64. The van der Waals surface area contributed by atoms with Crippen LogP contribution in [-0.4, -0.2) is 66.5 Å². The topological polar surface area (TPSA) is 93.1 Å². The number of unbranched alkanes of at least 4 members (excludes halogenated alkanes) is 1. The minimum absolute atomic E-state index is 0.109. The number of methoxy groups -OCH3 is 1. The van der Waals surface area contributed by atoms with Crippen molar-refractivity contribution >= 4 is 26.3 Å². The van der Waals surface area contributed by atoms with Crippen LogP contribution in [0.4, 0.5) is 0 Å². The number of hydrogen-bond donors (Lipinski definition) is 1. The number of rotatable bonds is 13. The molecule has 0 aromatic heterocycles. The van der Waals surface area contributed by atoms with Gasteiger partial charge in [0.25, 0.3) is 0 Å². The van der Waals surface area contributed by atoms with Crippen LogP contribution < -0.4 is 0 Å². The molecule has 1 aliphatic carbocycles. The third kappa shape index (κ3) is 15.5. The number of hydrogen-bond acceptors (Lipinski definition) is 5. The summed E-state index contributed by atoms with van der Waals surface area (Å²) in [6, 6.07) is 9.67. The minimum Gasteiger partial charge on any atom is -0.480 e. The van der Waals surface area contributed by atoms with Crippen LogP contribution in [0, 0.1) is 5.92 Å². The van der Waals surface area contributed by atoms with Gasteiger partial charge in [-0.05, 0) is 43.8 Å². The average Bonchev–Trinajstić information content (AvgIpc) is 3.46. The summed E-state index contributed by atoms with van der Waals surface area (Å²) in [6.45, 7) is 6.39. The molecule has 1 saturated heterocycles. The van der Waals surface area contributed by atoms with E-state index in [4.69, 9.17) is 9.26 Å². The largest absolute Gasteiger partial charge is 0.480 e. The van der Waals surface area contributed by atoms with E-state index in [1.807, 2.05) is 39.0 Å². The number of carbonyl (C=O) groups excluding carboxylic acids is 2. The Labute approximate surface area is 237 Å². The number of carboxylic acid groups (broad SMARTS) is 1. The lowest BCUT2D eigenvalue weighted by Crippen LogP contribution is -2.41. The maximum absolute atomic E-state index is 12.8. The van der Waals surface area contributed by atoms with Crippen molar-refractivity contribution in [1.82, 2.24) is 4.90 Å². The number of likely N-dealkylation sites (tertiary alicyclic amines) is 1. The fraction of sp³-hybridized carbons (Fsp3) is 0.710. The lowest BCUT2D eigenvalue weighted by Gasteiger charge is -2.28. The van der Waals surface area contributed by atoms with Gasteiger partial charge < -0.3 is 24.1 Å². The van der Waals surface area contributed by atoms with Gasteiger partial charge in [-0.15, -0.1) is 0 Å². The number of benzene rings is 1. The van der Waals surface area contributed by atoms with Gasteiger partial charge in [-0.3, -0.25) is 4.79 Å². The number of aliphatic carboxylic acids is 1. The van der Waals surface area contributed by atoms with E-state index in [1.54, 1.807) is 7.11 Å². The maximum Gasteiger partial charge on any atom is 0.326 e. The summed E-state index contributed by atoms with van der Waals surface area (Å²) in [7, 11) is 0.600. The Morgan fingerprint density at radius 3 is 2.13 bits per heavy atom. The van der Waals surface area contributed by atoms with Crippen LogP contribution in [0.1, 0.15) is 97.0 Å². The highest BCUT2D eigenvalue weighted by atomic mass is 31.1. The monoisotopic (exact) mass is 565 g/mol. The van der Waals surface area contributed by atoms with Crippen molar-refractivity contribution in [2.24, 2.45) is 5.92 Å². The van der Waals surface area contributed by atoms with Gasteiger partial charge in [-0.2, -0.15) is 0 Å². The van der Waals surface area contributed by atoms with Gasteiger partial charge in [-0.25, -0.2) is 4.79 Å². The van der Waals surface area contributed by atoms with E-state index in [-0.39, 0.29) is 24.3 Å². The maximum atomic E-state index is 12.8. The molecule has 1 amide bonds. The standard InChI is InChI=1S/C22H34NO5P.C6H12.C3H6O/c1-17(2)22(27-3)28-29(15-8-7-12-18-10-5-4-6-11-18)16-20(24)23-14-9-13-19(23)21(25)26;1-2-4-6-5-3-1;1-2-3-4/h4-6,10-11,17,19,22H,7-9,12-16H2,1-3H3,(H,25,26);1-6H2;3H,2H2,1H3. The molecule has 3 unspecified atom stereocenters. The number of ether oxygens (including phenoxy) is 1. The van der Waals surface area contributed by atoms with Crippen molar-refractivity contribution in [2.75, 3.05) is 26.0 Å². The molecule has 2 aliphatic rings. The minimum atomic E-state index is -1.02. The molecule has 39 heavy (non-hydrogen) atoms. The molecule has 222 valence electrons. The van der Waals surface area contributed by atoms with Gasteiger partial charge in [0.1, 0.15) is 12.3 Å². The summed E-state index contributed by atoms with van der Waals surface area (Å²) in [5, 5.41) is 9.36. The summed E-state index contributed by atoms with van der Waals surface area (Å²) in [4.78, 5) is 34.9. The first kappa shape index (κ1) is 35.2. The molecule has 0 spiro atoms. The number of nitrogens with zero attached hydrogens (tertiary/aromatic N) is 1. The molecule has 1 heterocycles. The second kappa shape index (κ2) is 21.9. The molecule has 0 radical (unpaired) electrons. The van der Waals surface area contributed by atoms with Gasteiger partial charge >= 0.3 is 5.97 Å². The van der Waals surface area contributed by atoms with E-state index < -0.39 is 20.2 Å². The van der Waals surface area contributed by atoms with Crippen molar-refractivity contribution in [3.8, 4) is 0 Å². The smallest absolute Gasteiger partial charge is 0.326 e. The van der Waals surface area contributed by atoms with Crippen molar-refractivity contribution in [3.63, 3.8) is 0 Å². The van der Waals surface area contributed by atoms with E-state index in [1.165, 1.54) is 49.0 Å². The number of carbonyl (C=O) groups is 3. The molecule has 1 aromatic rings. The zero-order valence-electron chi connectivity index (χ0n) is 24.7. The van der Waals surface area contributed by atoms with Crippen LogP contribution in [0.15, 0.2) is 30.3 Å². The van der Waals surface area contributed by atoms with Crippen LogP contribution in [-0.2, 0) is 30.1 Å². The number of aldehydes is 1. The second-order valence-corrected chi connectivity index (χ2v) is 12.5. The van der Waals surface area contributed by atoms with Crippen molar-refractivity contribution in [3.05, 3.63) is 35.9 Å². The first-order valence-electron chi connectivity index (χ1n) is 14.8. The van der Waals surface area contributed by atoms with E-state index >= 15 is 0 Å². The van der Waals surface area contributed by atoms with E-state index in [2.05, 4.69) is 12.1 Å². The lowest BCUT2D eigenvalue weighted by atomic mass is 10.0. The quantitative estimate of drug-likeness (QED) is 0.119. The molecular weight excluding hydrogens is 513 g/mol.